The number of hydrogen-bond donors (Lipinski definition) is 1. The molecule has 0 aliphatic carbocycles. The van der Waals surface area contributed by atoms with E-state index < -0.39 is 5.09 Å². The van der Waals surface area contributed by atoms with Gasteiger partial charge in [-0.15, -0.1) is 0 Å². The smallest absolute Gasteiger partial charge is 0.242 e. The van der Waals surface area contributed by atoms with Crippen molar-refractivity contribution in [1.82, 2.24) is 4.98 Å². The minimum atomic E-state index is -1.75. The van der Waals surface area contributed by atoms with Gasteiger partial charge in [0.15, 0.2) is 6.04 Å². The number of rotatable bonds is 4. The fraction of sp³-hybridized carbons (Fsp3) is 0.158. The molecule has 0 saturated heterocycles. The zero-order valence-corrected chi connectivity index (χ0v) is 18.0. The summed E-state index contributed by atoms with van der Waals surface area (Å²) in [6.07, 6.45) is 5.60. The third kappa shape index (κ3) is 6.00. The SMILES string of the molecule is Clc1ccc(CO/N=C2/c3ccc(Cl)cc3OCC2[n+]2cc[nH]c2)c(Cl)c1.O=[N+]([O-])[O-]. The zero-order valence-electron chi connectivity index (χ0n) is 15.7. The summed E-state index contributed by atoms with van der Waals surface area (Å²) >= 11 is 18.2. The van der Waals surface area contributed by atoms with Gasteiger partial charge in [0, 0.05) is 26.2 Å². The number of aromatic amines is 1. The first-order valence-electron chi connectivity index (χ1n) is 8.76. The molecule has 0 saturated carbocycles. The highest BCUT2D eigenvalue weighted by Crippen LogP contribution is 2.31. The van der Waals surface area contributed by atoms with Gasteiger partial charge in [0.05, 0.1) is 5.09 Å². The Morgan fingerprint density at radius 1 is 1.19 bits per heavy atom. The zero-order chi connectivity index (χ0) is 22.4. The van der Waals surface area contributed by atoms with Crippen molar-refractivity contribution in [1.29, 1.82) is 0 Å². The van der Waals surface area contributed by atoms with E-state index in [0.29, 0.717) is 27.4 Å². The van der Waals surface area contributed by atoms with Gasteiger partial charge < -0.3 is 24.9 Å². The molecule has 1 aliphatic heterocycles. The predicted molar refractivity (Wildman–Crippen MR) is 115 cm³/mol. The van der Waals surface area contributed by atoms with Crippen molar-refractivity contribution in [3.8, 4) is 5.75 Å². The third-order valence-electron chi connectivity index (χ3n) is 4.26. The third-order valence-corrected chi connectivity index (χ3v) is 5.08. The van der Waals surface area contributed by atoms with Gasteiger partial charge >= 0.3 is 0 Å². The second-order valence-corrected chi connectivity index (χ2v) is 7.52. The van der Waals surface area contributed by atoms with Crippen molar-refractivity contribution in [3.63, 3.8) is 0 Å². The first-order valence-corrected chi connectivity index (χ1v) is 9.90. The van der Waals surface area contributed by atoms with Gasteiger partial charge in [-0.25, -0.2) is 4.57 Å². The van der Waals surface area contributed by atoms with Gasteiger partial charge in [-0.2, -0.15) is 0 Å². The van der Waals surface area contributed by atoms with Crippen molar-refractivity contribution in [3.05, 3.63) is 96.6 Å². The van der Waals surface area contributed by atoms with E-state index in [4.69, 9.17) is 59.7 Å². The average molecular weight is 486 g/mol. The lowest BCUT2D eigenvalue weighted by Crippen LogP contribution is -2.48. The molecule has 1 atom stereocenters. The number of benzene rings is 2. The lowest BCUT2D eigenvalue weighted by atomic mass is 10.00. The molecule has 0 radical (unpaired) electrons. The summed E-state index contributed by atoms with van der Waals surface area (Å²) in [5, 5.41) is 20.9. The molecular formula is C19H15Cl3N4O5. The molecule has 1 aromatic heterocycles. The van der Waals surface area contributed by atoms with Gasteiger partial charge in [0.2, 0.25) is 6.33 Å². The van der Waals surface area contributed by atoms with E-state index in [1.807, 2.05) is 35.4 Å². The normalized spacial score (nSPS) is 16.0. The number of aromatic nitrogens is 2. The van der Waals surface area contributed by atoms with Crippen LogP contribution in [-0.4, -0.2) is 22.4 Å². The van der Waals surface area contributed by atoms with Gasteiger partial charge in [-0.1, -0.05) is 46.0 Å². The van der Waals surface area contributed by atoms with E-state index in [-0.39, 0.29) is 12.6 Å². The van der Waals surface area contributed by atoms with Crippen LogP contribution < -0.4 is 9.30 Å². The lowest BCUT2D eigenvalue weighted by Gasteiger charge is -2.24. The Bertz CT molecular complexity index is 1090. The summed E-state index contributed by atoms with van der Waals surface area (Å²) in [6.45, 7) is 0.646. The van der Waals surface area contributed by atoms with E-state index in [0.717, 1.165) is 16.8 Å². The van der Waals surface area contributed by atoms with E-state index in [2.05, 4.69) is 10.1 Å². The lowest BCUT2D eigenvalue weighted by molar-refractivity contribution is -0.706. The number of nitrogens with zero attached hydrogens (tertiary/aromatic N) is 3. The summed E-state index contributed by atoms with van der Waals surface area (Å²) in [4.78, 5) is 16.9. The van der Waals surface area contributed by atoms with E-state index >= 15 is 0 Å². The quantitative estimate of drug-likeness (QED) is 0.330. The van der Waals surface area contributed by atoms with Crippen molar-refractivity contribution in [2.75, 3.05) is 6.61 Å². The molecule has 1 aliphatic rings. The van der Waals surface area contributed by atoms with Crippen molar-refractivity contribution >= 4 is 40.5 Å². The number of oxime groups is 1. The second-order valence-electron chi connectivity index (χ2n) is 6.24. The van der Waals surface area contributed by atoms with Gasteiger partial charge in [-0.05, 0) is 30.3 Å². The molecule has 12 heteroatoms. The number of imidazole rings is 1. The summed E-state index contributed by atoms with van der Waals surface area (Å²) in [7, 11) is 0. The number of fused-ring (bicyclic) bond motifs is 1. The first kappa shape index (κ1) is 22.7. The van der Waals surface area contributed by atoms with Crippen molar-refractivity contribution < 1.29 is 19.2 Å². The molecule has 3 aromatic rings. The Morgan fingerprint density at radius 3 is 2.58 bits per heavy atom. The fourth-order valence-electron chi connectivity index (χ4n) is 2.90. The van der Waals surface area contributed by atoms with Crippen LogP contribution in [0.15, 0.2) is 60.3 Å². The number of nitrogens with one attached hydrogen (secondary N) is 1. The number of halogens is 3. The molecule has 0 amide bonds. The molecule has 0 spiro atoms. The number of ether oxygens (including phenoxy) is 1. The van der Waals surface area contributed by atoms with Crippen LogP contribution >= 0.6 is 34.8 Å². The molecule has 2 heterocycles. The summed E-state index contributed by atoms with van der Waals surface area (Å²) < 4.78 is 7.86. The molecular weight excluding hydrogens is 471 g/mol. The Morgan fingerprint density at radius 2 is 1.90 bits per heavy atom. The maximum Gasteiger partial charge on any atom is 0.242 e. The molecule has 1 N–H and O–H groups in total. The van der Waals surface area contributed by atoms with Crippen LogP contribution in [0.25, 0.3) is 0 Å². The van der Waals surface area contributed by atoms with Crippen LogP contribution in [0.5, 0.6) is 5.75 Å². The molecule has 4 rings (SSSR count). The largest absolute Gasteiger partial charge is 0.488 e. The van der Waals surface area contributed by atoms with Crippen molar-refractivity contribution in [2.24, 2.45) is 5.16 Å². The molecule has 0 bridgehead atoms. The number of H-pyrrole nitrogens is 1. The highest BCUT2D eigenvalue weighted by Gasteiger charge is 2.32. The Labute approximate surface area is 191 Å². The topological polar surface area (TPSA) is 117 Å². The standard InChI is InChI=1S/C19H14Cl3N3O2.NO3/c20-13-2-1-12(16(22)7-13)9-27-24-19-15-4-3-14(21)8-18(15)26-10-17(19)25-6-5-23-11-25;2-1(3)4/h1-8,11,17H,9-10H2;/q;-1/p+1/b24-19-;. The molecule has 0 fully saturated rings. The Hall–Kier alpha value is -3.01. The van der Waals surface area contributed by atoms with Crippen LogP contribution in [0.1, 0.15) is 17.2 Å². The monoisotopic (exact) mass is 484 g/mol. The van der Waals surface area contributed by atoms with Gasteiger partial charge in [-0.3, -0.25) is 4.98 Å². The molecule has 1 unspecified atom stereocenters. The fourth-order valence-corrected chi connectivity index (χ4v) is 3.52. The van der Waals surface area contributed by atoms with E-state index in [9.17, 15) is 0 Å². The van der Waals surface area contributed by atoms with Crippen LogP contribution in [-0.2, 0) is 11.4 Å². The summed E-state index contributed by atoms with van der Waals surface area (Å²) in [5.74, 6) is 0.682. The highest BCUT2D eigenvalue weighted by molar-refractivity contribution is 6.35. The maximum atomic E-state index is 8.25. The van der Waals surface area contributed by atoms with Gasteiger partial charge in [0.25, 0.3) is 0 Å². The first-order chi connectivity index (χ1) is 14.8. The Balaban J connectivity index is 0.000000628. The molecule has 162 valence electrons. The van der Waals surface area contributed by atoms with Crippen LogP contribution in [0.3, 0.4) is 0 Å². The Kier molecular flexibility index (Phi) is 7.56. The van der Waals surface area contributed by atoms with Crippen LogP contribution in [0.4, 0.5) is 0 Å². The average Bonchev–Trinajstić information content (AvgIpc) is 3.23. The summed E-state index contributed by atoms with van der Waals surface area (Å²) in [5.41, 5.74) is 2.40. The van der Waals surface area contributed by atoms with Crippen LogP contribution in [0.2, 0.25) is 15.1 Å². The molecule has 31 heavy (non-hydrogen) atoms. The summed E-state index contributed by atoms with van der Waals surface area (Å²) in [6, 6.07) is 10.6. The molecule has 2 aromatic carbocycles. The predicted octanol–water partition coefficient (Wildman–Crippen LogP) is 4.58. The second kappa shape index (κ2) is 10.3. The van der Waals surface area contributed by atoms with Gasteiger partial charge in [0.1, 0.15) is 37.1 Å². The highest BCUT2D eigenvalue weighted by atomic mass is 35.5. The van der Waals surface area contributed by atoms with E-state index in [1.54, 1.807) is 24.3 Å². The minimum Gasteiger partial charge on any atom is -0.488 e. The maximum absolute atomic E-state index is 8.25. The van der Waals surface area contributed by atoms with Crippen LogP contribution in [0, 0.1) is 15.3 Å². The van der Waals surface area contributed by atoms with Crippen molar-refractivity contribution in [2.45, 2.75) is 12.6 Å². The van der Waals surface area contributed by atoms with E-state index in [1.165, 1.54) is 0 Å². The minimum absolute atomic E-state index is 0.134. The molecule has 9 nitrogen and oxygen atoms in total. The number of hydrogen-bond acceptors (Lipinski definition) is 6.